The first-order valence-electron chi connectivity index (χ1n) is 7.27. The zero-order chi connectivity index (χ0) is 15.7. The van der Waals surface area contributed by atoms with Crippen molar-refractivity contribution < 1.29 is 14.0 Å². The molecule has 1 saturated heterocycles. The number of rotatable bonds is 3. The largest absolute Gasteiger partial charge is 0.429 e. The van der Waals surface area contributed by atoms with E-state index in [1.165, 1.54) is 0 Å². The van der Waals surface area contributed by atoms with Crippen molar-refractivity contribution in [1.29, 1.82) is 0 Å². The van der Waals surface area contributed by atoms with Gasteiger partial charge in [0.05, 0.1) is 5.52 Å². The molecule has 1 aromatic carbocycles. The molecule has 1 atom stereocenters. The fourth-order valence-corrected chi connectivity index (χ4v) is 3.16. The summed E-state index contributed by atoms with van der Waals surface area (Å²) in [5.41, 5.74) is 7.14. The zero-order valence-corrected chi connectivity index (χ0v) is 12.8. The molecule has 0 bridgehead atoms. The number of nitrogens with zero attached hydrogens (tertiary/aromatic N) is 1. The van der Waals surface area contributed by atoms with Gasteiger partial charge >= 0.3 is 0 Å². The highest BCUT2D eigenvalue weighted by molar-refractivity contribution is 7.71. The maximum Gasteiger partial charge on any atom is 0.266 e. The lowest BCUT2D eigenvalue weighted by atomic mass is 9.98. The average molecular weight is 319 g/mol. The number of fused-ring (bicyclic) bond motifs is 1. The highest BCUT2D eigenvalue weighted by Crippen LogP contribution is 2.23. The summed E-state index contributed by atoms with van der Waals surface area (Å²) < 4.78 is 5.35. The van der Waals surface area contributed by atoms with Crippen molar-refractivity contribution in [2.75, 3.05) is 6.54 Å². The standard InChI is InChI=1S/C15H17N3O3S/c16-13(19)8-10-3-1-2-6-18(10)14(20)9-4-5-11-12(7-9)21-15(22)17-11/h4-5,7,10H,1-3,6,8H2,(H2,16,19)(H,17,22). The van der Waals surface area contributed by atoms with Crippen LogP contribution in [0.2, 0.25) is 0 Å². The minimum atomic E-state index is -0.378. The van der Waals surface area contributed by atoms with E-state index in [1.54, 1.807) is 23.1 Å². The van der Waals surface area contributed by atoms with Gasteiger partial charge in [-0.05, 0) is 49.7 Å². The number of oxazole rings is 1. The number of piperidine rings is 1. The normalized spacial score (nSPS) is 18.5. The van der Waals surface area contributed by atoms with Gasteiger partial charge in [-0.1, -0.05) is 0 Å². The molecule has 1 aromatic heterocycles. The Hall–Kier alpha value is -2.15. The van der Waals surface area contributed by atoms with Crippen LogP contribution in [-0.4, -0.2) is 34.3 Å². The van der Waals surface area contributed by atoms with Crippen molar-refractivity contribution >= 4 is 35.1 Å². The molecular formula is C15H17N3O3S. The summed E-state index contributed by atoms with van der Waals surface area (Å²) in [6.07, 6.45) is 2.96. The third kappa shape index (κ3) is 2.89. The zero-order valence-electron chi connectivity index (χ0n) is 12.0. The number of carbonyl (C=O) groups is 2. The summed E-state index contributed by atoms with van der Waals surface area (Å²) in [7, 11) is 0. The Labute approximate surface area is 132 Å². The number of H-pyrrole nitrogens is 1. The van der Waals surface area contributed by atoms with Crippen molar-refractivity contribution in [3.63, 3.8) is 0 Å². The highest BCUT2D eigenvalue weighted by atomic mass is 32.1. The van der Waals surface area contributed by atoms with Gasteiger partial charge in [0.15, 0.2) is 5.58 Å². The Kier molecular flexibility index (Phi) is 3.98. The van der Waals surface area contributed by atoms with Gasteiger partial charge in [-0.3, -0.25) is 9.59 Å². The third-order valence-corrected chi connectivity index (χ3v) is 4.18. The molecule has 3 N–H and O–H groups in total. The second-order valence-corrected chi connectivity index (χ2v) is 5.91. The summed E-state index contributed by atoms with van der Waals surface area (Å²) in [4.78, 5) is 28.9. The van der Waals surface area contributed by atoms with Crippen LogP contribution in [0.3, 0.4) is 0 Å². The minimum absolute atomic E-state index is 0.102. The number of hydrogen-bond acceptors (Lipinski definition) is 4. The average Bonchev–Trinajstić information content (AvgIpc) is 2.85. The summed E-state index contributed by atoms with van der Waals surface area (Å²) in [6, 6.07) is 5.07. The van der Waals surface area contributed by atoms with Crippen molar-refractivity contribution in [3.05, 3.63) is 28.6 Å². The van der Waals surface area contributed by atoms with Crippen LogP contribution in [0.5, 0.6) is 0 Å². The first-order chi connectivity index (χ1) is 10.5. The molecule has 1 unspecified atom stereocenters. The number of aromatic amines is 1. The highest BCUT2D eigenvalue weighted by Gasteiger charge is 2.28. The molecule has 1 fully saturated rings. The molecule has 0 saturated carbocycles. The fraction of sp³-hybridized carbons (Fsp3) is 0.400. The maximum absolute atomic E-state index is 12.7. The number of primary amides is 1. The van der Waals surface area contributed by atoms with E-state index in [0.29, 0.717) is 17.7 Å². The Morgan fingerprint density at radius 3 is 3.00 bits per heavy atom. The predicted molar refractivity (Wildman–Crippen MR) is 83.9 cm³/mol. The number of hydrogen-bond donors (Lipinski definition) is 2. The lowest BCUT2D eigenvalue weighted by molar-refractivity contribution is -0.119. The van der Waals surface area contributed by atoms with Crippen LogP contribution in [0, 0.1) is 4.84 Å². The first kappa shape index (κ1) is 14.8. The second kappa shape index (κ2) is 5.92. The summed E-state index contributed by atoms with van der Waals surface area (Å²) in [6.45, 7) is 0.644. The molecule has 2 heterocycles. The van der Waals surface area contributed by atoms with Crippen LogP contribution >= 0.6 is 12.2 Å². The van der Waals surface area contributed by atoms with E-state index < -0.39 is 0 Å². The van der Waals surface area contributed by atoms with E-state index in [1.807, 2.05) is 0 Å². The van der Waals surface area contributed by atoms with Gasteiger partial charge in [0.25, 0.3) is 10.7 Å². The molecule has 2 amide bonds. The summed E-state index contributed by atoms with van der Waals surface area (Å²) >= 11 is 4.94. The molecule has 0 spiro atoms. The van der Waals surface area contributed by atoms with Crippen molar-refractivity contribution in [1.82, 2.24) is 9.88 Å². The second-order valence-electron chi connectivity index (χ2n) is 5.54. The molecule has 22 heavy (non-hydrogen) atoms. The first-order valence-corrected chi connectivity index (χ1v) is 7.67. The summed E-state index contributed by atoms with van der Waals surface area (Å²) in [5, 5.41) is 0. The van der Waals surface area contributed by atoms with Crippen LogP contribution in [0.1, 0.15) is 36.0 Å². The molecule has 0 aliphatic carbocycles. The topological polar surface area (TPSA) is 92.3 Å². The van der Waals surface area contributed by atoms with E-state index in [9.17, 15) is 9.59 Å². The monoisotopic (exact) mass is 319 g/mol. The Morgan fingerprint density at radius 2 is 2.23 bits per heavy atom. The van der Waals surface area contributed by atoms with Gasteiger partial charge in [-0.2, -0.15) is 0 Å². The van der Waals surface area contributed by atoms with Crippen LogP contribution < -0.4 is 5.73 Å². The van der Waals surface area contributed by atoms with E-state index in [-0.39, 0.29) is 29.1 Å². The molecule has 116 valence electrons. The SMILES string of the molecule is NC(=O)CC1CCCCN1C(=O)c1ccc2[nH]c(=S)oc2c1. The molecule has 0 radical (unpaired) electrons. The van der Waals surface area contributed by atoms with Gasteiger partial charge < -0.3 is 20.0 Å². The fourth-order valence-electron chi connectivity index (χ4n) is 2.96. The number of nitrogens with two attached hydrogens (primary N) is 1. The van der Waals surface area contributed by atoms with E-state index in [4.69, 9.17) is 22.4 Å². The molecule has 3 rings (SSSR count). The smallest absolute Gasteiger partial charge is 0.266 e. The Balaban J connectivity index is 1.89. The maximum atomic E-state index is 12.7. The number of amides is 2. The van der Waals surface area contributed by atoms with Gasteiger partial charge in [0, 0.05) is 24.6 Å². The molecule has 1 aliphatic heterocycles. The molecule has 6 nitrogen and oxygen atoms in total. The van der Waals surface area contributed by atoms with Crippen LogP contribution in [0.4, 0.5) is 0 Å². The van der Waals surface area contributed by atoms with E-state index in [0.717, 1.165) is 24.8 Å². The Morgan fingerprint density at radius 1 is 1.41 bits per heavy atom. The molecule has 7 heteroatoms. The number of benzene rings is 1. The lowest BCUT2D eigenvalue weighted by Crippen LogP contribution is -2.45. The minimum Gasteiger partial charge on any atom is -0.429 e. The molecule has 2 aromatic rings. The van der Waals surface area contributed by atoms with Gasteiger partial charge in [0.2, 0.25) is 5.91 Å². The number of nitrogens with one attached hydrogen (secondary N) is 1. The van der Waals surface area contributed by atoms with Crippen molar-refractivity contribution in [3.8, 4) is 0 Å². The predicted octanol–water partition coefficient (Wildman–Crippen LogP) is 2.36. The third-order valence-electron chi connectivity index (χ3n) is 3.99. The van der Waals surface area contributed by atoms with Crippen LogP contribution in [0.25, 0.3) is 11.1 Å². The van der Waals surface area contributed by atoms with E-state index in [2.05, 4.69) is 4.98 Å². The van der Waals surface area contributed by atoms with Crippen molar-refractivity contribution in [2.24, 2.45) is 5.73 Å². The Bertz CT molecular complexity index is 780. The summed E-state index contributed by atoms with van der Waals surface area (Å²) in [5.74, 6) is -0.480. The van der Waals surface area contributed by atoms with Gasteiger partial charge in [0.1, 0.15) is 0 Å². The molecule has 1 aliphatic rings. The lowest BCUT2D eigenvalue weighted by Gasteiger charge is -2.35. The number of likely N-dealkylation sites (tertiary alicyclic amines) is 1. The van der Waals surface area contributed by atoms with Crippen LogP contribution in [0.15, 0.2) is 22.6 Å². The number of aromatic nitrogens is 1. The number of carbonyl (C=O) groups excluding carboxylic acids is 2. The van der Waals surface area contributed by atoms with Crippen molar-refractivity contribution in [2.45, 2.75) is 31.7 Å². The van der Waals surface area contributed by atoms with Crippen LogP contribution in [-0.2, 0) is 4.79 Å². The van der Waals surface area contributed by atoms with Gasteiger partial charge in [-0.25, -0.2) is 0 Å². The quantitative estimate of drug-likeness (QED) is 0.849. The molecular weight excluding hydrogens is 302 g/mol. The van der Waals surface area contributed by atoms with E-state index >= 15 is 0 Å². The van der Waals surface area contributed by atoms with Gasteiger partial charge in [-0.15, -0.1) is 0 Å².